The Morgan fingerprint density at radius 1 is 1.67 bits per heavy atom. The molecule has 0 bridgehead atoms. The van der Waals surface area contributed by atoms with Crippen LogP contribution in [0.25, 0.3) is 0 Å². The summed E-state index contributed by atoms with van der Waals surface area (Å²) >= 11 is 3.46. The van der Waals surface area contributed by atoms with Gasteiger partial charge in [-0.1, -0.05) is 29.8 Å². The minimum atomic E-state index is -0.319. The minimum absolute atomic E-state index is 0.225. The predicted molar refractivity (Wildman–Crippen MR) is 51.5 cm³/mol. The monoisotopic (exact) mass is 234 g/mol. The van der Waals surface area contributed by atoms with Crippen molar-refractivity contribution >= 4 is 22.2 Å². The van der Waals surface area contributed by atoms with Crippen molar-refractivity contribution in [3.05, 3.63) is 0 Å². The third kappa shape index (κ3) is 2.30. The van der Waals surface area contributed by atoms with Crippen LogP contribution in [0, 0.1) is 5.92 Å². The lowest BCUT2D eigenvalue weighted by atomic mass is 9.91. The molecule has 0 aromatic rings. The molecule has 0 aromatic carbocycles. The SMILES string of the molecule is CC(C)C1CC(Br)(C=O)CCO1. The van der Waals surface area contributed by atoms with Crippen LogP contribution in [0.15, 0.2) is 0 Å². The number of hydrogen-bond acceptors (Lipinski definition) is 2. The third-order valence-corrected chi connectivity index (χ3v) is 3.25. The van der Waals surface area contributed by atoms with Crippen molar-refractivity contribution < 1.29 is 9.53 Å². The smallest absolute Gasteiger partial charge is 0.136 e. The zero-order valence-corrected chi connectivity index (χ0v) is 9.13. The number of rotatable bonds is 2. The highest BCUT2D eigenvalue weighted by Crippen LogP contribution is 2.33. The van der Waals surface area contributed by atoms with Gasteiger partial charge in [0, 0.05) is 6.61 Å². The summed E-state index contributed by atoms with van der Waals surface area (Å²) in [5.41, 5.74) is 0. The van der Waals surface area contributed by atoms with E-state index in [-0.39, 0.29) is 10.4 Å². The van der Waals surface area contributed by atoms with Crippen LogP contribution in [0.4, 0.5) is 0 Å². The molecule has 1 rings (SSSR count). The second-order valence-corrected chi connectivity index (χ2v) is 5.34. The molecule has 2 unspecified atom stereocenters. The molecule has 1 aliphatic rings. The number of alkyl halides is 1. The van der Waals surface area contributed by atoms with Crippen LogP contribution in [0.5, 0.6) is 0 Å². The van der Waals surface area contributed by atoms with Gasteiger partial charge in [0.2, 0.25) is 0 Å². The molecule has 0 N–H and O–H groups in total. The molecule has 0 spiro atoms. The van der Waals surface area contributed by atoms with Crippen molar-refractivity contribution in [1.82, 2.24) is 0 Å². The first-order valence-corrected chi connectivity index (χ1v) is 5.13. The maximum absolute atomic E-state index is 10.7. The highest BCUT2D eigenvalue weighted by molar-refractivity contribution is 9.10. The van der Waals surface area contributed by atoms with Gasteiger partial charge in [0.15, 0.2) is 0 Å². The van der Waals surface area contributed by atoms with Gasteiger partial charge in [0.1, 0.15) is 6.29 Å². The van der Waals surface area contributed by atoms with E-state index in [9.17, 15) is 4.79 Å². The van der Waals surface area contributed by atoms with Crippen molar-refractivity contribution in [2.75, 3.05) is 6.61 Å². The van der Waals surface area contributed by atoms with E-state index >= 15 is 0 Å². The number of hydrogen-bond donors (Lipinski definition) is 0. The third-order valence-electron chi connectivity index (χ3n) is 2.34. The Hall–Kier alpha value is 0.110. The zero-order chi connectivity index (χ0) is 9.19. The van der Waals surface area contributed by atoms with Crippen molar-refractivity contribution in [3.63, 3.8) is 0 Å². The maximum atomic E-state index is 10.7. The van der Waals surface area contributed by atoms with E-state index in [0.29, 0.717) is 12.5 Å². The average Bonchev–Trinajstić information content (AvgIpc) is 2.05. The van der Waals surface area contributed by atoms with Crippen LogP contribution in [0.3, 0.4) is 0 Å². The van der Waals surface area contributed by atoms with E-state index in [1.807, 2.05) is 0 Å². The van der Waals surface area contributed by atoms with Gasteiger partial charge in [0.25, 0.3) is 0 Å². The molecule has 2 atom stereocenters. The Morgan fingerprint density at radius 3 is 2.83 bits per heavy atom. The molecule has 0 radical (unpaired) electrons. The van der Waals surface area contributed by atoms with E-state index in [1.54, 1.807) is 0 Å². The Bertz CT molecular complexity index is 170. The summed E-state index contributed by atoms with van der Waals surface area (Å²) in [6.45, 7) is 4.93. The first-order valence-electron chi connectivity index (χ1n) is 4.34. The molecule has 3 heteroatoms. The van der Waals surface area contributed by atoms with Crippen LogP contribution in [-0.2, 0) is 9.53 Å². The Morgan fingerprint density at radius 2 is 2.33 bits per heavy atom. The van der Waals surface area contributed by atoms with E-state index < -0.39 is 0 Å². The van der Waals surface area contributed by atoms with Gasteiger partial charge in [-0.15, -0.1) is 0 Å². The fraction of sp³-hybridized carbons (Fsp3) is 0.889. The van der Waals surface area contributed by atoms with Crippen molar-refractivity contribution in [2.24, 2.45) is 5.92 Å². The Balaban J connectivity index is 2.56. The highest BCUT2D eigenvalue weighted by Gasteiger charge is 2.35. The van der Waals surface area contributed by atoms with Gasteiger partial charge >= 0.3 is 0 Å². The lowest BCUT2D eigenvalue weighted by Crippen LogP contribution is -2.39. The van der Waals surface area contributed by atoms with Crippen molar-refractivity contribution in [1.29, 1.82) is 0 Å². The Labute approximate surface area is 81.8 Å². The van der Waals surface area contributed by atoms with Gasteiger partial charge in [-0.25, -0.2) is 0 Å². The molecular formula is C9H15BrO2. The lowest BCUT2D eigenvalue weighted by Gasteiger charge is -2.34. The predicted octanol–water partition coefficient (Wildman–Crippen LogP) is 2.15. The number of aldehydes is 1. The molecule has 12 heavy (non-hydrogen) atoms. The molecule has 0 amide bonds. The van der Waals surface area contributed by atoms with Crippen molar-refractivity contribution in [2.45, 2.75) is 37.1 Å². The van der Waals surface area contributed by atoms with Crippen molar-refractivity contribution in [3.8, 4) is 0 Å². The molecule has 1 aliphatic heterocycles. The molecule has 0 aromatic heterocycles. The number of carbonyl (C=O) groups is 1. The standard InChI is InChI=1S/C9H15BrO2/c1-7(2)8-5-9(10,6-11)3-4-12-8/h6-8H,3-5H2,1-2H3. The van der Waals surface area contributed by atoms with E-state index in [4.69, 9.17) is 4.74 Å². The number of halogens is 1. The molecule has 0 aliphatic carbocycles. The van der Waals surface area contributed by atoms with Crippen LogP contribution in [0.1, 0.15) is 26.7 Å². The van der Waals surface area contributed by atoms with Gasteiger partial charge < -0.3 is 9.53 Å². The first kappa shape index (κ1) is 10.2. The van der Waals surface area contributed by atoms with Gasteiger partial charge in [-0.2, -0.15) is 0 Å². The van der Waals surface area contributed by atoms with Gasteiger partial charge in [0.05, 0.1) is 10.4 Å². The average molecular weight is 235 g/mol. The zero-order valence-electron chi connectivity index (χ0n) is 7.55. The highest BCUT2D eigenvalue weighted by atomic mass is 79.9. The van der Waals surface area contributed by atoms with E-state index in [1.165, 1.54) is 0 Å². The van der Waals surface area contributed by atoms with E-state index in [0.717, 1.165) is 19.1 Å². The summed E-state index contributed by atoms with van der Waals surface area (Å²) in [6, 6.07) is 0. The topological polar surface area (TPSA) is 26.3 Å². The van der Waals surface area contributed by atoms with Crippen LogP contribution in [0.2, 0.25) is 0 Å². The molecule has 0 saturated carbocycles. The minimum Gasteiger partial charge on any atom is -0.378 e. The second-order valence-electron chi connectivity index (χ2n) is 3.76. The second kappa shape index (κ2) is 3.88. The normalized spacial score (nSPS) is 36.8. The maximum Gasteiger partial charge on any atom is 0.136 e. The fourth-order valence-electron chi connectivity index (χ4n) is 1.41. The largest absolute Gasteiger partial charge is 0.378 e. The summed E-state index contributed by atoms with van der Waals surface area (Å²) in [5.74, 6) is 0.488. The van der Waals surface area contributed by atoms with Gasteiger partial charge in [-0.05, 0) is 18.8 Å². The molecular weight excluding hydrogens is 220 g/mol. The summed E-state index contributed by atoms with van der Waals surface area (Å²) in [6.07, 6.45) is 2.82. The fourth-order valence-corrected chi connectivity index (χ4v) is 1.89. The summed E-state index contributed by atoms with van der Waals surface area (Å²) in [7, 11) is 0. The summed E-state index contributed by atoms with van der Waals surface area (Å²) < 4.78 is 5.23. The molecule has 1 saturated heterocycles. The van der Waals surface area contributed by atoms with Gasteiger partial charge in [-0.3, -0.25) is 0 Å². The summed E-state index contributed by atoms with van der Waals surface area (Å²) in [4.78, 5) is 10.7. The summed E-state index contributed by atoms with van der Waals surface area (Å²) in [5, 5.41) is 0. The quantitative estimate of drug-likeness (QED) is 0.541. The molecule has 1 fully saturated rings. The number of ether oxygens (including phenoxy) is 1. The van der Waals surface area contributed by atoms with E-state index in [2.05, 4.69) is 29.8 Å². The molecule has 70 valence electrons. The first-order chi connectivity index (χ1) is 5.57. The van der Waals surface area contributed by atoms with Crippen LogP contribution >= 0.6 is 15.9 Å². The van der Waals surface area contributed by atoms with Crippen LogP contribution < -0.4 is 0 Å². The van der Waals surface area contributed by atoms with Crippen LogP contribution in [-0.4, -0.2) is 23.3 Å². The number of carbonyl (C=O) groups excluding carboxylic acids is 1. The Kier molecular flexibility index (Phi) is 3.29. The molecule has 1 heterocycles. The molecule has 2 nitrogen and oxygen atoms in total. The lowest BCUT2D eigenvalue weighted by molar-refractivity contribution is -0.114.